The molecule has 1 saturated heterocycles. The van der Waals surface area contributed by atoms with Crippen LogP contribution >= 0.6 is 11.8 Å². The molecule has 8 heteroatoms. The quantitative estimate of drug-likeness (QED) is 0.439. The number of para-hydroxylation sites is 1. The molecule has 154 valence electrons. The maximum atomic E-state index is 13.0. The van der Waals surface area contributed by atoms with Gasteiger partial charge in [-0.25, -0.2) is 9.89 Å². The van der Waals surface area contributed by atoms with E-state index in [1.54, 1.807) is 31.3 Å². The van der Waals surface area contributed by atoms with Gasteiger partial charge in [0, 0.05) is 25.1 Å². The predicted molar refractivity (Wildman–Crippen MR) is 118 cm³/mol. The number of amidine groups is 1. The largest absolute Gasteiger partial charge is 0.362 e. The average Bonchev–Trinajstić information content (AvgIpc) is 3.53. The van der Waals surface area contributed by atoms with Gasteiger partial charge in [-0.15, -0.1) is 0 Å². The number of imide groups is 1. The first-order valence-electron chi connectivity index (χ1n) is 9.81. The van der Waals surface area contributed by atoms with Gasteiger partial charge in [-0.2, -0.15) is 0 Å². The van der Waals surface area contributed by atoms with Gasteiger partial charge < -0.3 is 10.6 Å². The minimum atomic E-state index is -0.537. The van der Waals surface area contributed by atoms with E-state index in [1.165, 1.54) is 16.7 Å². The number of carbonyl (C=O) groups excluding carboxylic acids is 3. The van der Waals surface area contributed by atoms with Gasteiger partial charge >= 0.3 is 0 Å². The fraction of sp³-hybridized carbons (Fsp3) is 0.273. The van der Waals surface area contributed by atoms with E-state index in [1.807, 2.05) is 30.3 Å². The van der Waals surface area contributed by atoms with Crippen LogP contribution in [0.5, 0.6) is 0 Å². The molecule has 3 amide bonds. The summed E-state index contributed by atoms with van der Waals surface area (Å²) in [5, 5.41) is 6.04. The van der Waals surface area contributed by atoms with Gasteiger partial charge in [0.05, 0.1) is 11.4 Å². The van der Waals surface area contributed by atoms with Gasteiger partial charge in [-0.05, 0) is 49.2 Å². The Balaban J connectivity index is 1.51. The Labute approximate surface area is 178 Å². The number of nitrogens with zero attached hydrogens (tertiary/aromatic N) is 2. The van der Waals surface area contributed by atoms with E-state index in [0.29, 0.717) is 22.5 Å². The van der Waals surface area contributed by atoms with Gasteiger partial charge in [-0.3, -0.25) is 14.4 Å². The number of anilines is 1. The van der Waals surface area contributed by atoms with Crippen LogP contribution in [0.1, 0.15) is 29.6 Å². The Kier molecular flexibility index (Phi) is 5.85. The third-order valence-corrected chi connectivity index (χ3v) is 5.95. The fourth-order valence-corrected chi connectivity index (χ4v) is 4.22. The van der Waals surface area contributed by atoms with Crippen molar-refractivity contribution in [2.24, 2.45) is 4.99 Å². The number of benzene rings is 2. The summed E-state index contributed by atoms with van der Waals surface area (Å²) in [5.41, 5.74) is 1.74. The van der Waals surface area contributed by atoms with Crippen LogP contribution in [0.4, 0.5) is 11.4 Å². The van der Waals surface area contributed by atoms with Crippen molar-refractivity contribution in [1.29, 1.82) is 0 Å². The molecule has 0 aromatic heterocycles. The van der Waals surface area contributed by atoms with Crippen molar-refractivity contribution in [3.63, 3.8) is 0 Å². The molecule has 1 unspecified atom stereocenters. The summed E-state index contributed by atoms with van der Waals surface area (Å²) < 4.78 is 0. The van der Waals surface area contributed by atoms with Crippen LogP contribution in [-0.4, -0.2) is 41.2 Å². The second-order valence-corrected chi connectivity index (χ2v) is 8.37. The molecule has 7 nitrogen and oxygen atoms in total. The number of carbonyl (C=O) groups is 3. The van der Waals surface area contributed by atoms with E-state index >= 15 is 0 Å². The van der Waals surface area contributed by atoms with E-state index < -0.39 is 5.25 Å². The highest BCUT2D eigenvalue weighted by molar-refractivity contribution is 8.15. The molecule has 2 aliphatic rings. The van der Waals surface area contributed by atoms with Gasteiger partial charge in [0.25, 0.3) is 5.91 Å². The molecule has 4 rings (SSSR count). The molecule has 1 aliphatic heterocycles. The molecule has 2 aromatic carbocycles. The van der Waals surface area contributed by atoms with Gasteiger partial charge in [0.15, 0.2) is 5.17 Å². The van der Waals surface area contributed by atoms with Crippen molar-refractivity contribution in [1.82, 2.24) is 10.6 Å². The molecule has 0 spiro atoms. The summed E-state index contributed by atoms with van der Waals surface area (Å²) in [6, 6.07) is 16.4. The topological polar surface area (TPSA) is 90.9 Å². The molecular formula is C22H22N4O3S. The van der Waals surface area contributed by atoms with Crippen LogP contribution in [0.2, 0.25) is 0 Å². The highest BCUT2D eigenvalue weighted by atomic mass is 32.2. The molecule has 1 heterocycles. The molecule has 2 N–H and O–H groups in total. The van der Waals surface area contributed by atoms with Gasteiger partial charge in [0.1, 0.15) is 5.25 Å². The van der Waals surface area contributed by atoms with E-state index in [9.17, 15) is 14.4 Å². The molecule has 1 aliphatic carbocycles. The smallest absolute Gasteiger partial charge is 0.251 e. The van der Waals surface area contributed by atoms with Crippen molar-refractivity contribution < 1.29 is 14.4 Å². The highest BCUT2D eigenvalue weighted by Gasteiger charge is 2.41. The lowest BCUT2D eigenvalue weighted by Gasteiger charge is -2.16. The first-order chi connectivity index (χ1) is 14.5. The Hall–Kier alpha value is -3.13. The summed E-state index contributed by atoms with van der Waals surface area (Å²) in [6.07, 6.45) is 2.27. The summed E-state index contributed by atoms with van der Waals surface area (Å²) >= 11 is 1.30. The van der Waals surface area contributed by atoms with Crippen molar-refractivity contribution in [3.05, 3.63) is 60.2 Å². The molecule has 0 bridgehead atoms. The number of rotatable bonds is 5. The van der Waals surface area contributed by atoms with Crippen molar-refractivity contribution >= 4 is 46.0 Å². The Morgan fingerprint density at radius 3 is 2.40 bits per heavy atom. The number of thioether (sulfide) groups is 1. The third-order valence-electron chi connectivity index (χ3n) is 4.87. The zero-order chi connectivity index (χ0) is 21.1. The lowest BCUT2D eigenvalue weighted by atomic mass is 10.2. The van der Waals surface area contributed by atoms with Gasteiger partial charge in [0.2, 0.25) is 11.8 Å². The standard InChI is InChI=1S/C22H22N4O3S/c1-23-20(28)14-7-11-17(12-8-14)26-19(27)13-18(21(26)29)30-22(25-16-9-10-16)24-15-5-3-2-4-6-15/h2-8,11-12,16,18H,9-10,13H2,1H3,(H,23,28)(H,24,25). The van der Waals surface area contributed by atoms with Crippen LogP contribution in [0, 0.1) is 0 Å². The second-order valence-electron chi connectivity index (χ2n) is 7.18. The number of hydrogen-bond acceptors (Lipinski definition) is 5. The molecule has 30 heavy (non-hydrogen) atoms. The number of aliphatic imine (C=N–C) groups is 1. The maximum absolute atomic E-state index is 13.0. The maximum Gasteiger partial charge on any atom is 0.251 e. The highest BCUT2D eigenvalue weighted by Crippen LogP contribution is 2.32. The van der Waals surface area contributed by atoms with Crippen LogP contribution in [-0.2, 0) is 9.59 Å². The number of nitrogens with one attached hydrogen (secondary N) is 2. The molecule has 2 aromatic rings. The summed E-state index contributed by atoms with van der Waals surface area (Å²) in [6.45, 7) is 0. The van der Waals surface area contributed by atoms with Crippen molar-refractivity contribution in [2.45, 2.75) is 30.6 Å². The van der Waals surface area contributed by atoms with Crippen LogP contribution in [0.3, 0.4) is 0 Å². The Bertz CT molecular complexity index is 987. The molecule has 1 atom stereocenters. The summed E-state index contributed by atoms with van der Waals surface area (Å²) in [7, 11) is 1.55. The third kappa shape index (κ3) is 4.54. The van der Waals surface area contributed by atoms with E-state index in [2.05, 4.69) is 15.6 Å². The van der Waals surface area contributed by atoms with Crippen LogP contribution in [0.15, 0.2) is 59.6 Å². The SMILES string of the molecule is CNC(=O)c1ccc(N2C(=O)CC(S/C(=N/c3ccccc3)NC3CC3)C2=O)cc1. The first-order valence-corrected chi connectivity index (χ1v) is 10.7. The Morgan fingerprint density at radius 1 is 1.07 bits per heavy atom. The second kappa shape index (κ2) is 8.71. The van der Waals surface area contributed by atoms with Crippen LogP contribution in [0.25, 0.3) is 0 Å². The molecular weight excluding hydrogens is 400 g/mol. The monoisotopic (exact) mass is 422 g/mol. The normalized spacial score (nSPS) is 19.2. The fourth-order valence-electron chi connectivity index (χ4n) is 3.12. The van der Waals surface area contributed by atoms with E-state index in [0.717, 1.165) is 18.5 Å². The van der Waals surface area contributed by atoms with E-state index in [4.69, 9.17) is 0 Å². The van der Waals surface area contributed by atoms with Crippen LogP contribution < -0.4 is 15.5 Å². The first kappa shape index (κ1) is 20.2. The number of hydrogen-bond donors (Lipinski definition) is 2. The van der Waals surface area contributed by atoms with Gasteiger partial charge in [-0.1, -0.05) is 30.0 Å². The minimum absolute atomic E-state index is 0.112. The Morgan fingerprint density at radius 2 is 1.77 bits per heavy atom. The number of amides is 3. The lowest BCUT2D eigenvalue weighted by Crippen LogP contribution is -2.32. The zero-order valence-electron chi connectivity index (χ0n) is 16.5. The molecule has 2 fully saturated rings. The summed E-state index contributed by atoms with van der Waals surface area (Å²) in [4.78, 5) is 43.1. The van der Waals surface area contributed by atoms with Crippen molar-refractivity contribution in [3.8, 4) is 0 Å². The predicted octanol–water partition coefficient (Wildman–Crippen LogP) is 2.85. The van der Waals surface area contributed by atoms with E-state index in [-0.39, 0.29) is 24.1 Å². The lowest BCUT2D eigenvalue weighted by molar-refractivity contribution is -0.121. The van der Waals surface area contributed by atoms with Crippen molar-refractivity contribution in [2.75, 3.05) is 11.9 Å². The average molecular weight is 423 g/mol. The zero-order valence-corrected chi connectivity index (χ0v) is 17.3. The molecule has 1 saturated carbocycles. The molecule has 0 radical (unpaired) electrons. The summed E-state index contributed by atoms with van der Waals surface area (Å²) in [5.74, 6) is -0.742. The minimum Gasteiger partial charge on any atom is -0.362 e.